The van der Waals surface area contributed by atoms with Crippen LogP contribution in [0.4, 0.5) is 0 Å². The van der Waals surface area contributed by atoms with E-state index < -0.39 is 0 Å². The van der Waals surface area contributed by atoms with E-state index in [4.69, 9.17) is 9.72 Å². The van der Waals surface area contributed by atoms with E-state index in [0.29, 0.717) is 31.9 Å². The normalized spacial score (nSPS) is 16.6. The molecule has 210 valence electrons. The molecule has 3 heterocycles. The number of hydrogen-bond acceptors (Lipinski definition) is 5. The molecule has 1 amide bonds. The lowest BCUT2D eigenvalue weighted by atomic mass is 9.84. The molecule has 2 atom stereocenters. The van der Waals surface area contributed by atoms with Crippen LogP contribution in [0.2, 0.25) is 0 Å². The summed E-state index contributed by atoms with van der Waals surface area (Å²) in [5.41, 5.74) is 4.13. The quantitative estimate of drug-likeness (QED) is 0.346. The standard InChI is InChI=1S/C32H40N6O2/c1-23-18-27(35-36(23)5)31(39)38(21-26-19-33-16-17-40-26)29(32(2,3)4)30-34-28(25-14-10-7-11-15-25)22-37(30)20-24-12-8-6-9-13-24/h6-15,18,22,26,29,33H,16-17,19-21H2,1-5H3/t26-,29+/m1/s1. The van der Waals surface area contributed by atoms with E-state index in [2.05, 4.69) is 78.3 Å². The topological polar surface area (TPSA) is 77.2 Å². The number of carbonyl (C=O) groups is 1. The summed E-state index contributed by atoms with van der Waals surface area (Å²) >= 11 is 0. The van der Waals surface area contributed by atoms with Gasteiger partial charge in [0.2, 0.25) is 0 Å². The van der Waals surface area contributed by atoms with Crippen LogP contribution in [0.5, 0.6) is 0 Å². The molecule has 5 rings (SSSR count). The molecule has 8 nitrogen and oxygen atoms in total. The molecule has 1 saturated heterocycles. The van der Waals surface area contributed by atoms with Crippen molar-refractivity contribution in [2.75, 3.05) is 26.2 Å². The third-order valence-corrected chi connectivity index (χ3v) is 7.45. The molecule has 4 aromatic rings. The maximum Gasteiger partial charge on any atom is 0.275 e. The summed E-state index contributed by atoms with van der Waals surface area (Å²) in [7, 11) is 1.87. The second-order valence-electron chi connectivity index (χ2n) is 11.7. The highest BCUT2D eigenvalue weighted by atomic mass is 16.5. The van der Waals surface area contributed by atoms with Gasteiger partial charge >= 0.3 is 0 Å². The smallest absolute Gasteiger partial charge is 0.275 e. The van der Waals surface area contributed by atoms with E-state index in [0.717, 1.165) is 29.3 Å². The molecular weight excluding hydrogens is 500 g/mol. The van der Waals surface area contributed by atoms with Crippen molar-refractivity contribution in [2.24, 2.45) is 12.5 Å². The minimum Gasteiger partial charge on any atom is -0.374 e. The summed E-state index contributed by atoms with van der Waals surface area (Å²) in [5, 5.41) is 7.98. The molecule has 0 unspecified atom stereocenters. The molecule has 0 spiro atoms. The summed E-state index contributed by atoms with van der Waals surface area (Å²) < 4.78 is 10.1. The van der Waals surface area contributed by atoms with Gasteiger partial charge in [-0.2, -0.15) is 5.10 Å². The van der Waals surface area contributed by atoms with E-state index in [1.807, 2.05) is 49.2 Å². The van der Waals surface area contributed by atoms with Gasteiger partial charge in [-0.25, -0.2) is 4.98 Å². The Morgan fingerprint density at radius 3 is 2.42 bits per heavy atom. The molecule has 40 heavy (non-hydrogen) atoms. The van der Waals surface area contributed by atoms with Crippen molar-refractivity contribution in [1.82, 2.24) is 29.5 Å². The lowest BCUT2D eigenvalue weighted by molar-refractivity contribution is -0.0142. The van der Waals surface area contributed by atoms with Gasteiger partial charge in [0.25, 0.3) is 5.91 Å². The Kier molecular flexibility index (Phi) is 8.19. The van der Waals surface area contributed by atoms with Crippen molar-refractivity contribution < 1.29 is 9.53 Å². The minimum absolute atomic E-state index is 0.117. The van der Waals surface area contributed by atoms with Crippen LogP contribution in [-0.4, -0.2) is 62.5 Å². The number of amides is 1. The number of aryl methyl sites for hydroxylation is 2. The van der Waals surface area contributed by atoms with Crippen LogP contribution in [-0.2, 0) is 18.3 Å². The number of aromatic nitrogens is 4. The summed E-state index contributed by atoms with van der Waals surface area (Å²) in [4.78, 5) is 21.5. The molecule has 1 fully saturated rings. The van der Waals surface area contributed by atoms with Gasteiger partial charge < -0.3 is 19.5 Å². The number of rotatable bonds is 8. The molecular formula is C32H40N6O2. The van der Waals surface area contributed by atoms with Crippen LogP contribution in [0, 0.1) is 12.3 Å². The number of imidazole rings is 1. The van der Waals surface area contributed by atoms with Crippen LogP contribution in [0.15, 0.2) is 72.9 Å². The highest BCUT2D eigenvalue weighted by molar-refractivity contribution is 5.92. The zero-order valence-electron chi connectivity index (χ0n) is 24.2. The first-order chi connectivity index (χ1) is 19.2. The summed E-state index contributed by atoms with van der Waals surface area (Å²) in [6.45, 7) is 11.7. The lowest BCUT2D eigenvalue weighted by Gasteiger charge is -2.41. The van der Waals surface area contributed by atoms with Crippen molar-refractivity contribution in [2.45, 2.75) is 46.4 Å². The molecule has 1 N–H and O–H groups in total. The van der Waals surface area contributed by atoms with Crippen LogP contribution in [0.1, 0.15) is 54.4 Å². The summed E-state index contributed by atoms with van der Waals surface area (Å²) in [5.74, 6) is 0.730. The maximum absolute atomic E-state index is 14.3. The molecule has 0 saturated carbocycles. The average molecular weight is 541 g/mol. The zero-order valence-corrected chi connectivity index (χ0v) is 24.2. The molecule has 0 bridgehead atoms. The number of benzene rings is 2. The Morgan fingerprint density at radius 1 is 1.12 bits per heavy atom. The third kappa shape index (κ3) is 6.18. The molecule has 1 aliphatic rings. The summed E-state index contributed by atoms with van der Waals surface area (Å²) in [6, 6.07) is 22.1. The first-order valence-electron chi connectivity index (χ1n) is 14.0. The summed E-state index contributed by atoms with van der Waals surface area (Å²) in [6.07, 6.45) is 1.99. The number of nitrogens with zero attached hydrogens (tertiary/aromatic N) is 5. The first-order valence-corrected chi connectivity index (χ1v) is 14.0. The lowest BCUT2D eigenvalue weighted by Crippen LogP contribution is -2.50. The second kappa shape index (κ2) is 11.8. The fourth-order valence-corrected chi connectivity index (χ4v) is 5.37. The second-order valence-corrected chi connectivity index (χ2v) is 11.7. The van der Waals surface area contributed by atoms with Gasteiger partial charge in [0.05, 0.1) is 24.4 Å². The van der Waals surface area contributed by atoms with Gasteiger partial charge in [-0.1, -0.05) is 81.4 Å². The van der Waals surface area contributed by atoms with Gasteiger partial charge in [-0.15, -0.1) is 0 Å². The van der Waals surface area contributed by atoms with E-state index in [9.17, 15) is 4.79 Å². The van der Waals surface area contributed by atoms with E-state index >= 15 is 0 Å². The minimum atomic E-state index is -0.339. The predicted octanol–water partition coefficient (Wildman–Crippen LogP) is 4.86. The highest BCUT2D eigenvalue weighted by Crippen LogP contribution is 2.40. The average Bonchev–Trinajstić information content (AvgIpc) is 3.51. The van der Waals surface area contributed by atoms with Gasteiger partial charge in [-0.05, 0) is 24.0 Å². The van der Waals surface area contributed by atoms with Crippen molar-refractivity contribution >= 4 is 5.91 Å². The predicted molar refractivity (Wildman–Crippen MR) is 157 cm³/mol. The van der Waals surface area contributed by atoms with E-state index in [-0.39, 0.29) is 23.5 Å². The van der Waals surface area contributed by atoms with Gasteiger partial charge in [0, 0.05) is 50.7 Å². The number of nitrogens with one attached hydrogen (secondary N) is 1. The number of hydrogen-bond donors (Lipinski definition) is 1. The molecule has 2 aromatic carbocycles. The van der Waals surface area contributed by atoms with E-state index in [1.165, 1.54) is 5.56 Å². The fourth-order valence-electron chi connectivity index (χ4n) is 5.37. The monoisotopic (exact) mass is 540 g/mol. The van der Waals surface area contributed by atoms with Gasteiger partial charge in [0.1, 0.15) is 5.82 Å². The van der Waals surface area contributed by atoms with Crippen molar-refractivity contribution in [1.29, 1.82) is 0 Å². The van der Waals surface area contributed by atoms with Crippen LogP contribution < -0.4 is 5.32 Å². The fraction of sp³-hybridized carbons (Fsp3) is 0.406. The molecule has 8 heteroatoms. The SMILES string of the molecule is Cc1cc(C(=O)N(C[C@H]2CNCCO2)[C@@H](c2nc(-c3ccccc3)cn2Cc2ccccc2)C(C)(C)C)nn1C. The van der Waals surface area contributed by atoms with Gasteiger partial charge in [0.15, 0.2) is 5.69 Å². The molecule has 2 aromatic heterocycles. The number of carbonyl (C=O) groups excluding carboxylic acids is 1. The van der Waals surface area contributed by atoms with Crippen molar-refractivity contribution in [3.05, 3.63) is 95.7 Å². The molecule has 0 radical (unpaired) electrons. The zero-order chi connectivity index (χ0) is 28.3. The number of ether oxygens (including phenoxy) is 1. The van der Waals surface area contributed by atoms with Gasteiger partial charge in [-0.3, -0.25) is 9.48 Å². The van der Waals surface area contributed by atoms with Crippen LogP contribution in [0.3, 0.4) is 0 Å². The Balaban J connectivity index is 1.64. The van der Waals surface area contributed by atoms with Crippen LogP contribution >= 0.6 is 0 Å². The Labute approximate surface area is 237 Å². The largest absolute Gasteiger partial charge is 0.374 e. The molecule has 1 aliphatic heterocycles. The number of morpholine rings is 1. The Morgan fingerprint density at radius 2 is 1.82 bits per heavy atom. The maximum atomic E-state index is 14.3. The third-order valence-electron chi connectivity index (χ3n) is 7.45. The highest BCUT2D eigenvalue weighted by Gasteiger charge is 2.40. The van der Waals surface area contributed by atoms with Crippen molar-refractivity contribution in [3.63, 3.8) is 0 Å². The Bertz CT molecular complexity index is 1400. The molecule has 0 aliphatic carbocycles. The van der Waals surface area contributed by atoms with Crippen LogP contribution in [0.25, 0.3) is 11.3 Å². The Hall–Kier alpha value is -3.75. The van der Waals surface area contributed by atoms with E-state index in [1.54, 1.807) is 4.68 Å². The first kappa shape index (κ1) is 27.8. The van der Waals surface area contributed by atoms with Crippen molar-refractivity contribution in [3.8, 4) is 11.3 Å².